The van der Waals surface area contributed by atoms with Gasteiger partial charge in [0.1, 0.15) is 0 Å². The lowest BCUT2D eigenvalue weighted by Crippen LogP contribution is -2.15. The number of benzene rings is 2. The van der Waals surface area contributed by atoms with E-state index in [0.29, 0.717) is 0 Å². The van der Waals surface area contributed by atoms with Crippen LogP contribution < -0.4 is 0 Å². The first-order chi connectivity index (χ1) is 12.1. The van der Waals surface area contributed by atoms with E-state index in [9.17, 15) is 0 Å². The minimum atomic E-state index is 0.113. The van der Waals surface area contributed by atoms with Crippen LogP contribution in [0.1, 0.15) is 37.8 Å². The molecule has 0 atom stereocenters. The lowest BCUT2D eigenvalue weighted by molar-refractivity contribution is 0.420. The normalized spacial score (nSPS) is 13.7. The van der Waals surface area contributed by atoms with Crippen molar-refractivity contribution in [2.24, 2.45) is 5.41 Å². The highest BCUT2D eigenvalue weighted by Crippen LogP contribution is 2.43. The highest BCUT2D eigenvalue weighted by Gasteiger charge is 2.28. The molecule has 0 N–H and O–H groups in total. The molecule has 0 unspecified atom stereocenters. The SMILES string of the molecule is C=CCCC(C)(C)C1=CC=CC1=C(c1ccccc1)c1ccccc1. The summed E-state index contributed by atoms with van der Waals surface area (Å²) >= 11 is 0. The van der Waals surface area contributed by atoms with Gasteiger partial charge >= 0.3 is 0 Å². The molecule has 25 heavy (non-hydrogen) atoms. The molecule has 0 saturated heterocycles. The quantitative estimate of drug-likeness (QED) is 0.502. The van der Waals surface area contributed by atoms with Gasteiger partial charge < -0.3 is 0 Å². The van der Waals surface area contributed by atoms with Crippen molar-refractivity contribution in [1.29, 1.82) is 0 Å². The molecule has 0 saturated carbocycles. The summed E-state index contributed by atoms with van der Waals surface area (Å²) in [6, 6.07) is 21.4. The van der Waals surface area contributed by atoms with Crippen LogP contribution in [0.25, 0.3) is 5.57 Å². The third-order valence-electron chi connectivity index (χ3n) is 4.91. The Labute approximate surface area is 151 Å². The van der Waals surface area contributed by atoms with Crippen LogP contribution in [-0.2, 0) is 0 Å². The van der Waals surface area contributed by atoms with Crippen LogP contribution in [0.5, 0.6) is 0 Å². The maximum absolute atomic E-state index is 3.89. The third kappa shape index (κ3) is 3.74. The van der Waals surface area contributed by atoms with E-state index in [4.69, 9.17) is 0 Å². The Morgan fingerprint density at radius 3 is 2.00 bits per heavy atom. The van der Waals surface area contributed by atoms with Crippen molar-refractivity contribution in [3.05, 3.63) is 114 Å². The van der Waals surface area contributed by atoms with Crippen LogP contribution in [0.3, 0.4) is 0 Å². The zero-order valence-corrected chi connectivity index (χ0v) is 15.2. The van der Waals surface area contributed by atoms with E-state index in [1.807, 2.05) is 6.08 Å². The van der Waals surface area contributed by atoms with Gasteiger partial charge in [-0.05, 0) is 46.1 Å². The van der Waals surface area contributed by atoms with Crippen molar-refractivity contribution in [2.75, 3.05) is 0 Å². The van der Waals surface area contributed by atoms with Crippen molar-refractivity contribution in [2.45, 2.75) is 26.7 Å². The predicted octanol–water partition coefficient (Wildman–Crippen LogP) is 6.98. The second kappa shape index (κ2) is 7.53. The fraction of sp³-hybridized carbons (Fsp3) is 0.200. The van der Waals surface area contributed by atoms with Crippen molar-refractivity contribution >= 4 is 5.57 Å². The van der Waals surface area contributed by atoms with Crippen LogP contribution in [0, 0.1) is 5.41 Å². The van der Waals surface area contributed by atoms with Gasteiger partial charge in [-0.3, -0.25) is 0 Å². The minimum Gasteiger partial charge on any atom is -0.103 e. The average molecular weight is 326 g/mol. The monoisotopic (exact) mass is 326 g/mol. The smallest absolute Gasteiger partial charge is 0.00359 e. The molecular weight excluding hydrogens is 300 g/mol. The van der Waals surface area contributed by atoms with E-state index < -0.39 is 0 Å². The number of hydrogen-bond acceptors (Lipinski definition) is 0. The van der Waals surface area contributed by atoms with Gasteiger partial charge in [-0.25, -0.2) is 0 Å². The Hall–Kier alpha value is -2.60. The Morgan fingerprint density at radius 2 is 1.48 bits per heavy atom. The Bertz CT molecular complexity index is 773. The summed E-state index contributed by atoms with van der Waals surface area (Å²) in [5, 5.41) is 0. The summed E-state index contributed by atoms with van der Waals surface area (Å²) in [5.41, 5.74) is 6.71. The summed E-state index contributed by atoms with van der Waals surface area (Å²) in [6.45, 7) is 8.57. The number of hydrogen-bond donors (Lipinski definition) is 0. The van der Waals surface area contributed by atoms with Crippen LogP contribution in [0.4, 0.5) is 0 Å². The maximum atomic E-state index is 3.89. The molecule has 0 radical (unpaired) electrons. The fourth-order valence-electron chi connectivity index (χ4n) is 3.51. The lowest BCUT2D eigenvalue weighted by atomic mass is 9.75. The van der Waals surface area contributed by atoms with Gasteiger partial charge in [-0.15, -0.1) is 6.58 Å². The maximum Gasteiger partial charge on any atom is -0.00359 e. The van der Waals surface area contributed by atoms with Crippen LogP contribution in [-0.4, -0.2) is 0 Å². The minimum absolute atomic E-state index is 0.113. The second-order valence-corrected chi connectivity index (χ2v) is 7.17. The van der Waals surface area contributed by atoms with E-state index in [1.165, 1.54) is 27.8 Å². The molecule has 0 heterocycles. The molecule has 0 bridgehead atoms. The largest absolute Gasteiger partial charge is 0.103 e. The summed E-state index contributed by atoms with van der Waals surface area (Å²) in [7, 11) is 0. The van der Waals surface area contributed by atoms with E-state index >= 15 is 0 Å². The molecular formula is C25H26. The zero-order chi connectivity index (χ0) is 17.7. The zero-order valence-electron chi connectivity index (χ0n) is 15.2. The molecule has 2 aromatic carbocycles. The van der Waals surface area contributed by atoms with E-state index in [1.54, 1.807) is 0 Å². The topological polar surface area (TPSA) is 0 Å². The van der Waals surface area contributed by atoms with Gasteiger partial charge in [-0.2, -0.15) is 0 Å². The molecule has 0 aliphatic heterocycles. The molecule has 0 heteroatoms. The first-order valence-corrected chi connectivity index (χ1v) is 8.99. The van der Waals surface area contributed by atoms with Gasteiger partial charge in [0.25, 0.3) is 0 Å². The summed E-state index contributed by atoms with van der Waals surface area (Å²) in [4.78, 5) is 0. The van der Waals surface area contributed by atoms with E-state index in [0.717, 1.165) is 12.8 Å². The first kappa shape index (κ1) is 17.2. The highest BCUT2D eigenvalue weighted by molar-refractivity contribution is 5.87. The van der Waals surface area contributed by atoms with Gasteiger partial charge in [-0.1, -0.05) is 98.8 Å². The van der Waals surface area contributed by atoms with Crippen molar-refractivity contribution in [1.82, 2.24) is 0 Å². The van der Waals surface area contributed by atoms with Crippen molar-refractivity contribution < 1.29 is 0 Å². The van der Waals surface area contributed by atoms with Crippen molar-refractivity contribution in [3.8, 4) is 0 Å². The van der Waals surface area contributed by atoms with Gasteiger partial charge in [0.05, 0.1) is 0 Å². The average Bonchev–Trinajstić information content (AvgIpc) is 3.12. The molecule has 1 aliphatic rings. The Morgan fingerprint density at radius 1 is 0.920 bits per heavy atom. The molecule has 0 amide bonds. The van der Waals surface area contributed by atoms with E-state index in [2.05, 4.69) is 99.3 Å². The first-order valence-electron chi connectivity index (χ1n) is 8.99. The second-order valence-electron chi connectivity index (χ2n) is 7.17. The molecule has 0 aromatic heterocycles. The summed E-state index contributed by atoms with van der Waals surface area (Å²) < 4.78 is 0. The van der Waals surface area contributed by atoms with E-state index in [-0.39, 0.29) is 5.41 Å². The van der Waals surface area contributed by atoms with Crippen LogP contribution in [0.15, 0.2) is 103 Å². The summed E-state index contributed by atoms with van der Waals surface area (Å²) in [6.07, 6.45) is 10.9. The molecule has 0 spiro atoms. The number of allylic oxidation sites excluding steroid dienone is 6. The Balaban J connectivity index is 2.16. The summed E-state index contributed by atoms with van der Waals surface area (Å²) in [5.74, 6) is 0. The van der Waals surface area contributed by atoms with Crippen LogP contribution >= 0.6 is 0 Å². The van der Waals surface area contributed by atoms with Crippen LogP contribution in [0.2, 0.25) is 0 Å². The van der Waals surface area contributed by atoms with Gasteiger partial charge in [0.15, 0.2) is 0 Å². The standard InChI is InChI=1S/C25H26/c1-4-5-19-25(2,3)23-18-12-17-22(23)24(20-13-8-6-9-14-20)21-15-10-7-11-16-21/h4,6-18H,1,5,19H2,2-3H3. The van der Waals surface area contributed by atoms with Gasteiger partial charge in [0.2, 0.25) is 0 Å². The fourth-order valence-corrected chi connectivity index (χ4v) is 3.51. The van der Waals surface area contributed by atoms with Crippen molar-refractivity contribution in [3.63, 3.8) is 0 Å². The highest BCUT2D eigenvalue weighted by atomic mass is 14.3. The molecule has 126 valence electrons. The molecule has 1 aliphatic carbocycles. The van der Waals surface area contributed by atoms with Gasteiger partial charge in [0, 0.05) is 0 Å². The lowest BCUT2D eigenvalue weighted by Gasteiger charge is -2.29. The Kier molecular flexibility index (Phi) is 5.19. The molecule has 3 rings (SSSR count). The molecule has 0 nitrogen and oxygen atoms in total. The predicted molar refractivity (Wildman–Crippen MR) is 109 cm³/mol. The number of rotatable bonds is 6. The molecule has 0 fully saturated rings. The third-order valence-corrected chi connectivity index (χ3v) is 4.91. The molecule has 2 aromatic rings.